The predicted octanol–water partition coefficient (Wildman–Crippen LogP) is 5.03. The van der Waals surface area contributed by atoms with E-state index >= 15 is 0 Å². The number of hydrogen-bond donors (Lipinski definition) is 1. The van der Waals surface area contributed by atoms with E-state index in [1.807, 2.05) is 32.0 Å². The Bertz CT molecular complexity index is 990. The molecule has 1 N–H and O–H groups in total. The molecule has 0 saturated heterocycles. The zero-order valence-electron chi connectivity index (χ0n) is 15.7. The molecule has 0 aliphatic heterocycles. The van der Waals surface area contributed by atoms with E-state index in [1.54, 1.807) is 23.9 Å². The minimum absolute atomic E-state index is 0.114. The van der Waals surface area contributed by atoms with Gasteiger partial charge in [-0.3, -0.25) is 0 Å². The van der Waals surface area contributed by atoms with Crippen molar-refractivity contribution in [3.05, 3.63) is 73.4 Å². The Hall–Kier alpha value is -2.27. The summed E-state index contributed by atoms with van der Waals surface area (Å²) in [5, 5.41) is 10.8. The van der Waals surface area contributed by atoms with E-state index in [0.29, 0.717) is 30.6 Å². The van der Waals surface area contributed by atoms with Crippen molar-refractivity contribution < 1.29 is 13.9 Å². The van der Waals surface area contributed by atoms with Gasteiger partial charge in [0.05, 0.1) is 18.1 Å². The van der Waals surface area contributed by atoms with Gasteiger partial charge in [-0.15, -0.1) is 11.3 Å². The van der Waals surface area contributed by atoms with Crippen LogP contribution in [0.25, 0.3) is 0 Å². The number of rotatable bonds is 7. The Morgan fingerprint density at radius 1 is 1.19 bits per heavy atom. The van der Waals surface area contributed by atoms with Crippen LogP contribution in [0.1, 0.15) is 52.0 Å². The molecule has 1 saturated carbocycles. The van der Waals surface area contributed by atoms with E-state index in [1.165, 1.54) is 10.4 Å². The molecule has 0 spiro atoms. The highest BCUT2D eigenvalue weighted by atomic mass is 32.1. The van der Waals surface area contributed by atoms with Crippen LogP contribution in [0.3, 0.4) is 0 Å². The van der Waals surface area contributed by atoms with Gasteiger partial charge in [0.2, 0.25) is 0 Å². The SMILES string of the molecule is CCc1c(CC2(Cc3ccoc3)CC2)oc(=O)c(Cc2ccc(C)s2)c1O. The fraction of sp³-hybridized carbons (Fsp3) is 0.409. The van der Waals surface area contributed by atoms with Crippen molar-refractivity contribution in [1.29, 1.82) is 0 Å². The summed E-state index contributed by atoms with van der Waals surface area (Å²) in [7, 11) is 0. The first-order valence-corrected chi connectivity index (χ1v) is 10.2. The summed E-state index contributed by atoms with van der Waals surface area (Å²) >= 11 is 1.64. The van der Waals surface area contributed by atoms with Crippen LogP contribution in [0.2, 0.25) is 0 Å². The third-order valence-electron chi connectivity index (χ3n) is 5.52. The summed E-state index contributed by atoms with van der Waals surface area (Å²) in [5.74, 6) is 0.765. The molecule has 1 aliphatic rings. The molecule has 0 amide bonds. The second-order valence-corrected chi connectivity index (χ2v) is 9.02. The lowest BCUT2D eigenvalue weighted by atomic mass is 9.90. The maximum absolute atomic E-state index is 12.6. The fourth-order valence-corrected chi connectivity index (χ4v) is 4.73. The lowest BCUT2D eigenvalue weighted by molar-refractivity contribution is 0.368. The lowest BCUT2D eigenvalue weighted by Gasteiger charge is -2.17. The third kappa shape index (κ3) is 3.74. The summed E-state index contributed by atoms with van der Waals surface area (Å²) in [4.78, 5) is 14.9. The highest BCUT2D eigenvalue weighted by Crippen LogP contribution is 2.51. The Morgan fingerprint density at radius 2 is 2.00 bits per heavy atom. The van der Waals surface area contributed by atoms with E-state index in [0.717, 1.165) is 29.7 Å². The fourth-order valence-electron chi connectivity index (χ4n) is 3.82. The summed E-state index contributed by atoms with van der Waals surface area (Å²) in [6.07, 6.45) is 8.32. The van der Waals surface area contributed by atoms with Crippen molar-refractivity contribution in [2.24, 2.45) is 5.41 Å². The molecular formula is C22H24O4S. The maximum Gasteiger partial charge on any atom is 0.343 e. The Kier molecular flexibility index (Phi) is 4.72. The van der Waals surface area contributed by atoms with Gasteiger partial charge < -0.3 is 13.9 Å². The van der Waals surface area contributed by atoms with E-state index < -0.39 is 5.63 Å². The van der Waals surface area contributed by atoms with Crippen molar-refractivity contribution in [2.45, 2.75) is 52.4 Å². The Morgan fingerprint density at radius 3 is 2.59 bits per heavy atom. The first kappa shape index (κ1) is 18.1. The zero-order valence-corrected chi connectivity index (χ0v) is 16.5. The van der Waals surface area contributed by atoms with Crippen molar-refractivity contribution in [1.82, 2.24) is 0 Å². The summed E-state index contributed by atoms with van der Waals surface area (Å²) in [6.45, 7) is 4.03. The molecular weight excluding hydrogens is 360 g/mol. The van der Waals surface area contributed by atoms with E-state index in [4.69, 9.17) is 8.83 Å². The van der Waals surface area contributed by atoms with Gasteiger partial charge in [-0.1, -0.05) is 6.92 Å². The van der Waals surface area contributed by atoms with Gasteiger partial charge in [0.25, 0.3) is 0 Å². The molecule has 27 heavy (non-hydrogen) atoms. The molecule has 0 atom stereocenters. The number of aromatic hydroxyl groups is 1. The predicted molar refractivity (Wildman–Crippen MR) is 106 cm³/mol. The van der Waals surface area contributed by atoms with Gasteiger partial charge >= 0.3 is 5.63 Å². The number of furan rings is 1. The minimum Gasteiger partial charge on any atom is -0.507 e. The van der Waals surface area contributed by atoms with Crippen molar-refractivity contribution in [3.8, 4) is 5.75 Å². The molecule has 0 radical (unpaired) electrons. The molecule has 5 heteroatoms. The molecule has 142 valence electrons. The van der Waals surface area contributed by atoms with Crippen LogP contribution >= 0.6 is 11.3 Å². The van der Waals surface area contributed by atoms with E-state index in [9.17, 15) is 9.90 Å². The van der Waals surface area contributed by atoms with Crippen molar-refractivity contribution >= 4 is 11.3 Å². The molecule has 0 aromatic carbocycles. The van der Waals surface area contributed by atoms with Crippen LogP contribution < -0.4 is 5.63 Å². The molecule has 4 rings (SSSR count). The Labute approximate surface area is 162 Å². The number of thiophene rings is 1. The van der Waals surface area contributed by atoms with Crippen LogP contribution in [-0.4, -0.2) is 5.11 Å². The first-order chi connectivity index (χ1) is 13.0. The lowest BCUT2D eigenvalue weighted by Crippen LogP contribution is -2.16. The quantitative estimate of drug-likeness (QED) is 0.621. The van der Waals surface area contributed by atoms with Gasteiger partial charge in [0.15, 0.2) is 0 Å². The van der Waals surface area contributed by atoms with Gasteiger partial charge in [-0.25, -0.2) is 4.79 Å². The minimum atomic E-state index is -0.412. The standard InChI is InChI=1S/C22H24O4S/c1-3-17-19(12-22(7-8-22)11-15-6-9-25-13-15)26-21(24)18(20(17)23)10-16-5-4-14(2)27-16/h4-6,9,13,23H,3,7-8,10-12H2,1-2H3. The topological polar surface area (TPSA) is 63.6 Å². The largest absolute Gasteiger partial charge is 0.507 e. The van der Waals surface area contributed by atoms with Crippen molar-refractivity contribution in [3.63, 3.8) is 0 Å². The van der Waals surface area contributed by atoms with Crippen molar-refractivity contribution in [2.75, 3.05) is 0 Å². The highest BCUT2D eigenvalue weighted by Gasteiger charge is 2.44. The van der Waals surface area contributed by atoms with Gasteiger partial charge in [0, 0.05) is 28.2 Å². The average Bonchev–Trinajstić information content (AvgIpc) is 3.00. The third-order valence-corrected chi connectivity index (χ3v) is 6.52. The van der Waals surface area contributed by atoms with Crippen LogP contribution in [0.15, 0.2) is 44.4 Å². The van der Waals surface area contributed by atoms with Gasteiger partial charge in [-0.2, -0.15) is 0 Å². The molecule has 0 unspecified atom stereocenters. The van der Waals surface area contributed by atoms with Crippen LogP contribution in [0.5, 0.6) is 5.75 Å². The molecule has 1 aliphatic carbocycles. The average molecular weight is 384 g/mol. The normalized spacial score (nSPS) is 15.2. The van der Waals surface area contributed by atoms with Gasteiger partial charge in [-0.05, 0) is 61.8 Å². The smallest absolute Gasteiger partial charge is 0.343 e. The molecule has 3 heterocycles. The summed E-state index contributed by atoms with van der Waals surface area (Å²) in [6, 6.07) is 6.02. The molecule has 3 aromatic heterocycles. The summed E-state index contributed by atoms with van der Waals surface area (Å²) in [5.41, 5.74) is 2.02. The molecule has 0 bridgehead atoms. The second kappa shape index (κ2) is 7.04. The molecule has 4 nitrogen and oxygen atoms in total. The summed E-state index contributed by atoms with van der Waals surface area (Å²) < 4.78 is 10.9. The second-order valence-electron chi connectivity index (χ2n) is 7.65. The maximum atomic E-state index is 12.6. The van der Waals surface area contributed by atoms with Crippen LogP contribution in [-0.2, 0) is 25.7 Å². The first-order valence-electron chi connectivity index (χ1n) is 9.43. The van der Waals surface area contributed by atoms with Gasteiger partial charge in [0.1, 0.15) is 11.5 Å². The number of hydrogen-bond acceptors (Lipinski definition) is 5. The monoisotopic (exact) mass is 384 g/mol. The molecule has 1 fully saturated rings. The molecule has 3 aromatic rings. The van der Waals surface area contributed by atoms with E-state index in [2.05, 4.69) is 0 Å². The van der Waals surface area contributed by atoms with Crippen LogP contribution in [0.4, 0.5) is 0 Å². The Balaban J connectivity index is 1.63. The van der Waals surface area contributed by atoms with Crippen LogP contribution in [0, 0.1) is 12.3 Å². The van der Waals surface area contributed by atoms with E-state index in [-0.39, 0.29) is 11.2 Å². The highest BCUT2D eigenvalue weighted by molar-refractivity contribution is 7.11. The zero-order chi connectivity index (χ0) is 19.0. The number of aryl methyl sites for hydroxylation is 1.